The Morgan fingerprint density at radius 1 is 1.12 bits per heavy atom. The van der Waals surface area contributed by atoms with E-state index in [0.717, 1.165) is 62.2 Å². The summed E-state index contributed by atoms with van der Waals surface area (Å²) in [5, 5.41) is 11.8. The number of nitrogens with zero attached hydrogens (tertiary/aromatic N) is 5. The highest BCUT2D eigenvalue weighted by atomic mass is 16.6. The van der Waals surface area contributed by atoms with Crippen LogP contribution < -0.4 is 19.7 Å². The Bertz CT molecular complexity index is 1130. The van der Waals surface area contributed by atoms with E-state index in [2.05, 4.69) is 68.3 Å². The van der Waals surface area contributed by atoms with Gasteiger partial charge in [0.1, 0.15) is 25.4 Å². The predicted octanol–water partition coefficient (Wildman–Crippen LogP) is 2.86. The minimum atomic E-state index is 0.600. The molecule has 0 unspecified atom stereocenters. The summed E-state index contributed by atoms with van der Waals surface area (Å²) in [6.07, 6.45) is 4.54. The zero-order valence-corrected chi connectivity index (χ0v) is 19.0. The number of anilines is 1. The maximum Gasteiger partial charge on any atom is 0.198 e. The molecule has 0 bridgehead atoms. The SMILES string of the molecule is CCc1nncn1CCNC(=NCCc1ccc2c(c1)OCCO2)N1CCc2ccccc21. The molecule has 8 nitrogen and oxygen atoms in total. The highest BCUT2D eigenvalue weighted by molar-refractivity contribution is 5.98. The molecule has 1 aromatic heterocycles. The Labute approximate surface area is 194 Å². The van der Waals surface area contributed by atoms with Gasteiger partial charge in [0.15, 0.2) is 17.5 Å². The van der Waals surface area contributed by atoms with Crippen LogP contribution in [0.2, 0.25) is 0 Å². The molecule has 2 aliphatic heterocycles. The van der Waals surface area contributed by atoms with Gasteiger partial charge in [-0.2, -0.15) is 0 Å². The lowest BCUT2D eigenvalue weighted by atomic mass is 10.1. The van der Waals surface area contributed by atoms with Crippen LogP contribution in [0, 0.1) is 0 Å². The zero-order chi connectivity index (χ0) is 22.5. The number of para-hydroxylation sites is 1. The molecule has 0 aliphatic carbocycles. The number of hydrogen-bond acceptors (Lipinski definition) is 5. The van der Waals surface area contributed by atoms with Gasteiger partial charge < -0.3 is 24.3 Å². The van der Waals surface area contributed by atoms with Crippen molar-refractivity contribution in [1.29, 1.82) is 0 Å². The van der Waals surface area contributed by atoms with Gasteiger partial charge >= 0.3 is 0 Å². The summed E-state index contributed by atoms with van der Waals surface area (Å²) in [4.78, 5) is 7.29. The molecule has 2 aliphatic rings. The van der Waals surface area contributed by atoms with Crippen molar-refractivity contribution in [3.05, 3.63) is 65.7 Å². The fourth-order valence-corrected chi connectivity index (χ4v) is 4.36. The summed E-state index contributed by atoms with van der Waals surface area (Å²) in [6.45, 7) is 6.48. The van der Waals surface area contributed by atoms with E-state index < -0.39 is 0 Å². The number of aliphatic imine (C=N–C) groups is 1. The van der Waals surface area contributed by atoms with Gasteiger partial charge in [-0.3, -0.25) is 4.99 Å². The Kier molecular flexibility index (Phi) is 6.41. The smallest absolute Gasteiger partial charge is 0.198 e. The summed E-state index contributed by atoms with van der Waals surface area (Å²) in [6, 6.07) is 14.7. The van der Waals surface area contributed by atoms with Crippen LogP contribution in [-0.4, -0.2) is 53.6 Å². The second-order valence-corrected chi connectivity index (χ2v) is 8.18. The number of aryl methyl sites for hydroxylation is 1. The molecule has 172 valence electrons. The molecule has 8 heteroatoms. The largest absolute Gasteiger partial charge is 0.486 e. The van der Waals surface area contributed by atoms with Crippen molar-refractivity contribution in [2.24, 2.45) is 4.99 Å². The van der Waals surface area contributed by atoms with E-state index in [-0.39, 0.29) is 0 Å². The molecular weight excluding hydrogens is 416 g/mol. The molecule has 0 saturated heterocycles. The van der Waals surface area contributed by atoms with Gasteiger partial charge in [0.25, 0.3) is 0 Å². The minimum Gasteiger partial charge on any atom is -0.486 e. The number of benzene rings is 2. The molecule has 2 aromatic carbocycles. The second kappa shape index (κ2) is 9.94. The lowest BCUT2D eigenvalue weighted by Gasteiger charge is -2.23. The molecule has 0 saturated carbocycles. The van der Waals surface area contributed by atoms with Gasteiger partial charge in [-0.1, -0.05) is 31.2 Å². The van der Waals surface area contributed by atoms with Gasteiger partial charge in [-0.25, -0.2) is 0 Å². The van der Waals surface area contributed by atoms with E-state index in [1.165, 1.54) is 16.8 Å². The summed E-state index contributed by atoms with van der Waals surface area (Å²) in [5.74, 6) is 3.57. The van der Waals surface area contributed by atoms with Gasteiger partial charge in [0.05, 0.1) is 0 Å². The third-order valence-corrected chi connectivity index (χ3v) is 6.06. The number of ether oxygens (including phenoxy) is 2. The average molecular weight is 447 g/mol. The standard InChI is InChI=1S/C25H30N6O2/c1-2-24-29-28-18-30(24)14-12-27-25(31-13-10-20-5-3-4-6-21(20)31)26-11-9-19-7-8-22-23(17-19)33-16-15-32-22/h3-8,17-18H,2,9-16H2,1H3,(H,26,27). The van der Waals surface area contributed by atoms with Crippen molar-refractivity contribution in [2.45, 2.75) is 32.7 Å². The van der Waals surface area contributed by atoms with E-state index in [1.807, 2.05) is 6.07 Å². The van der Waals surface area contributed by atoms with Crippen molar-refractivity contribution in [1.82, 2.24) is 20.1 Å². The van der Waals surface area contributed by atoms with E-state index in [1.54, 1.807) is 6.33 Å². The summed E-state index contributed by atoms with van der Waals surface area (Å²) < 4.78 is 13.5. The predicted molar refractivity (Wildman–Crippen MR) is 128 cm³/mol. The van der Waals surface area contributed by atoms with Gasteiger partial charge in [-0.05, 0) is 42.2 Å². The fraction of sp³-hybridized carbons (Fsp3) is 0.400. The Balaban J connectivity index is 1.28. The van der Waals surface area contributed by atoms with Crippen molar-refractivity contribution in [3.8, 4) is 11.5 Å². The molecular formula is C25H30N6O2. The first-order valence-corrected chi connectivity index (χ1v) is 11.7. The van der Waals surface area contributed by atoms with Crippen LogP contribution in [0.3, 0.4) is 0 Å². The van der Waals surface area contributed by atoms with Crippen molar-refractivity contribution in [2.75, 3.05) is 37.7 Å². The highest BCUT2D eigenvalue weighted by Gasteiger charge is 2.22. The van der Waals surface area contributed by atoms with Crippen LogP contribution in [0.25, 0.3) is 0 Å². The molecule has 33 heavy (non-hydrogen) atoms. The second-order valence-electron chi connectivity index (χ2n) is 8.18. The normalized spacial score (nSPS) is 14.9. The molecule has 0 radical (unpaired) electrons. The monoisotopic (exact) mass is 446 g/mol. The lowest BCUT2D eigenvalue weighted by Crippen LogP contribution is -2.42. The third-order valence-electron chi connectivity index (χ3n) is 6.06. The molecule has 1 N–H and O–H groups in total. The van der Waals surface area contributed by atoms with E-state index in [4.69, 9.17) is 14.5 Å². The lowest BCUT2D eigenvalue weighted by molar-refractivity contribution is 0.171. The van der Waals surface area contributed by atoms with Gasteiger partial charge in [0, 0.05) is 38.3 Å². The minimum absolute atomic E-state index is 0.600. The summed E-state index contributed by atoms with van der Waals surface area (Å²) in [5.41, 5.74) is 3.80. The van der Waals surface area contributed by atoms with Crippen molar-refractivity contribution in [3.63, 3.8) is 0 Å². The summed E-state index contributed by atoms with van der Waals surface area (Å²) >= 11 is 0. The topological polar surface area (TPSA) is 76.8 Å². The van der Waals surface area contributed by atoms with Crippen LogP contribution >= 0.6 is 0 Å². The van der Waals surface area contributed by atoms with Crippen LogP contribution in [0.4, 0.5) is 5.69 Å². The van der Waals surface area contributed by atoms with Crippen LogP contribution in [0.5, 0.6) is 11.5 Å². The number of guanidine groups is 1. The Morgan fingerprint density at radius 3 is 2.91 bits per heavy atom. The first-order valence-electron chi connectivity index (χ1n) is 11.7. The summed E-state index contributed by atoms with van der Waals surface area (Å²) in [7, 11) is 0. The van der Waals surface area contributed by atoms with E-state index in [9.17, 15) is 0 Å². The highest BCUT2D eigenvalue weighted by Crippen LogP contribution is 2.31. The van der Waals surface area contributed by atoms with E-state index >= 15 is 0 Å². The molecule has 3 aromatic rings. The first kappa shape index (κ1) is 21.3. The molecule has 5 rings (SSSR count). The average Bonchev–Trinajstić information content (AvgIpc) is 3.50. The number of fused-ring (bicyclic) bond motifs is 2. The number of hydrogen-bond donors (Lipinski definition) is 1. The quantitative estimate of drug-likeness (QED) is 0.444. The van der Waals surface area contributed by atoms with Crippen molar-refractivity contribution < 1.29 is 9.47 Å². The Morgan fingerprint density at radius 2 is 2.00 bits per heavy atom. The molecule has 3 heterocycles. The molecule has 0 fully saturated rings. The van der Waals surface area contributed by atoms with Crippen LogP contribution in [-0.2, 0) is 25.8 Å². The van der Waals surface area contributed by atoms with Gasteiger partial charge in [0.2, 0.25) is 0 Å². The molecule has 0 amide bonds. The molecule has 0 atom stereocenters. The molecule has 0 spiro atoms. The van der Waals surface area contributed by atoms with E-state index in [0.29, 0.717) is 19.8 Å². The first-order chi connectivity index (χ1) is 16.3. The third kappa shape index (κ3) is 4.79. The number of nitrogens with one attached hydrogen (secondary N) is 1. The fourth-order valence-electron chi connectivity index (χ4n) is 4.36. The van der Waals surface area contributed by atoms with Gasteiger partial charge in [-0.15, -0.1) is 10.2 Å². The van der Waals surface area contributed by atoms with Crippen LogP contribution in [0.15, 0.2) is 53.8 Å². The maximum atomic E-state index is 5.73. The zero-order valence-electron chi connectivity index (χ0n) is 19.0. The van der Waals surface area contributed by atoms with Crippen molar-refractivity contribution >= 4 is 11.6 Å². The number of aromatic nitrogens is 3. The maximum absolute atomic E-state index is 5.73. The number of rotatable bonds is 7. The van der Waals surface area contributed by atoms with Crippen LogP contribution in [0.1, 0.15) is 23.9 Å². The Hall–Kier alpha value is -3.55.